The molecule has 2 aromatic carbocycles. The molecule has 3 aromatic rings. The third kappa shape index (κ3) is 3.03. The van der Waals surface area contributed by atoms with Crippen molar-refractivity contribution in [3.8, 4) is 5.75 Å². The highest BCUT2D eigenvalue weighted by Gasteiger charge is 2.16. The lowest BCUT2D eigenvalue weighted by molar-refractivity contribution is -0.671. The molecule has 0 saturated carbocycles. The van der Waals surface area contributed by atoms with Crippen molar-refractivity contribution in [1.29, 1.82) is 0 Å². The maximum Gasteiger partial charge on any atom is 0.344 e. The van der Waals surface area contributed by atoms with Crippen molar-refractivity contribution in [1.82, 2.24) is 0 Å². The Kier molecular flexibility index (Phi) is 5.26. The van der Waals surface area contributed by atoms with E-state index in [4.69, 9.17) is 9.52 Å². The van der Waals surface area contributed by atoms with E-state index in [2.05, 4.69) is 0 Å². The Labute approximate surface area is 139 Å². The van der Waals surface area contributed by atoms with Gasteiger partial charge in [-0.05, 0) is 24.4 Å². The van der Waals surface area contributed by atoms with E-state index in [1.807, 2.05) is 23.5 Å². The van der Waals surface area contributed by atoms with Gasteiger partial charge in [0.05, 0.1) is 18.5 Å². The van der Waals surface area contributed by atoms with E-state index in [0.29, 0.717) is 29.6 Å². The number of phenolic OH excluding ortho intramolecular Hbond substituents is 1. The summed E-state index contributed by atoms with van der Waals surface area (Å²) in [4.78, 5) is 12.1. The van der Waals surface area contributed by atoms with Crippen molar-refractivity contribution in [2.24, 2.45) is 0 Å². The summed E-state index contributed by atoms with van der Waals surface area (Å²) in [6.45, 7) is 2.95. The predicted octanol–water partition coefficient (Wildman–Crippen LogP) is -1.98. The number of fused-ring (bicyclic) bond motifs is 3. The molecule has 0 aliphatic heterocycles. The van der Waals surface area contributed by atoms with Crippen molar-refractivity contribution in [3.05, 3.63) is 51.9 Å². The highest BCUT2D eigenvalue weighted by atomic mass is 35.5. The summed E-state index contributed by atoms with van der Waals surface area (Å²) in [5.41, 5.74) is 1.35. The second-order valence-corrected chi connectivity index (χ2v) is 5.33. The number of aromatic hydroxyl groups is 1. The Balaban J connectivity index is 0.00000192. The molecular formula is C17H18ClNO4. The fourth-order valence-electron chi connectivity index (χ4n) is 2.74. The zero-order valence-corrected chi connectivity index (χ0v) is 13.4. The first kappa shape index (κ1) is 17.3. The Morgan fingerprint density at radius 2 is 1.87 bits per heavy atom. The predicted molar refractivity (Wildman–Crippen MR) is 84.0 cm³/mol. The fraction of sp³-hybridized carbons (Fsp3) is 0.235. The van der Waals surface area contributed by atoms with Crippen molar-refractivity contribution >= 4 is 21.7 Å². The fourth-order valence-corrected chi connectivity index (χ4v) is 2.74. The van der Waals surface area contributed by atoms with Crippen molar-refractivity contribution < 1.29 is 32.4 Å². The molecule has 0 aliphatic carbocycles. The Bertz CT molecular complexity index is 904. The lowest BCUT2D eigenvalue weighted by atomic mass is 10.0. The zero-order chi connectivity index (χ0) is 15.7. The second kappa shape index (κ2) is 7.00. The minimum absolute atomic E-state index is 0. The quantitative estimate of drug-likeness (QED) is 0.293. The number of phenols is 1. The van der Waals surface area contributed by atoms with E-state index in [9.17, 15) is 9.90 Å². The highest BCUT2D eigenvalue weighted by Crippen LogP contribution is 2.33. The lowest BCUT2D eigenvalue weighted by Gasteiger charge is -2.11. The third-order valence-electron chi connectivity index (χ3n) is 3.89. The van der Waals surface area contributed by atoms with Gasteiger partial charge in [0, 0.05) is 16.5 Å². The largest absolute Gasteiger partial charge is 1.00 e. The molecule has 0 fully saturated rings. The van der Waals surface area contributed by atoms with E-state index in [1.54, 1.807) is 19.1 Å². The molecule has 0 radical (unpaired) electrons. The van der Waals surface area contributed by atoms with Gasteiger partial charge in [0.1, 0.15) is 17.9 Å². The van der Waals surface area contributed by atoms with Gasteiger partial charge in [0.15, 0.2) is 0 Å². The third-order valence-corrected chi connectivity index (χ3v) is 3.89. The van der Waals surface area contributed by atoms with Crippen LogP contribution in [0.2, 0.25) is 0 Å². The minimum atomic E-state index is -0.398. The molecule has 0 aliphatic rings. The number of quaternary nitrogens is 1. The first-order valence-electron chi connectivity index (χ1n) is 7.23. The maximum absolute atomic E-state index is 12.1. The van der Waals surface area contributed by atoms with Gasteiger partial charge in [-0.25, -0.2) is 4.79 Å². The molecule has 1 heterocycles. The molecule has 0 amide bonds. The van der Waals surface area contributed by atoms with Gasteiger partial charge in [-0.1, -0.05) is 18.2 Å². The number of hydrogen-bond donors (Lipinski definition) is 3. The van der Waals surface area contributed by atoms with Crippen LogP contribution in [0, 0.1) is 6.92 Å². The Morgan fingerprint density at radius 3 is 2.57 bits per heavy atom. The summed E-state index contributed by atoms with van der Waals surface area (Å²) in [6.07, 6.45) is 0. The van der Waals surface area contributed by atoms with Crippen LogP contribution in [0.4, 0.5) is 0 Å². The number of aliphatic hydroxyl groups excluding tert-OH is 1. The van der Waals surface area contributed by atoms with E-state index < -0.39 is 5.63 Å². The number of aryl methyl sites for hydroxylation is 1. The van der Waals surface area contributed by atoms with Crippen LogP contribution in [0.1, 0.15) is 11.1 Å². The molecule has 0 bridgehead atoms. The summed E-state index contributed by atoms with van der Waals surface area (Å²) >= 11 is 0. The van der Waals surface area contributed by atoms with E-state index in [-0.39, 0.29) is 24.8 Å². The maximum atomic E-state index is 12.1. The summed E-state index contributed by atoms with van der Waals surface area (Å²) in [5.74, 6) is 0.139. The van der Waals surface area contributed by atoms with Gasteiger partial charge in [-0.3, -0.25) is 0 Å². The van der Waals surface area contributed by atoms with Crippen LogP contribution in [-0.2, 0) is 6.54 Å². The molecule has 5 nitrogen and oxygen atoms in total. The molecule has 23 heavy (non-hydrogen) atoms. The molecule has 4 N–H and O–H groups in total. The van der Waals surface area contributed by atoms with Crippen molar-refractivity contribution in [3.63, 3.8) is 0 Å². The molecule has 0 unspecified atom stereocenters. The average Bonchev–Trinajstić information content (AvgIpc) is 2.53. The number of hydrogen-bond acceptors (Lipinski definition) is 4. The average molecular weight is 336 g/mol. The van der Waals surface area contributed by atoms with E-state index in [1.165, 1.54) is 0 Å². The summed E-state index contributed by atoms with van der Waals surface area (Å²) < 4.78 is 5.40. The van der Waals surface area contributed by atoms with Crippen LogP contribution in [0.3, 0.4) is 0 Å². The molecule has 6 heteroatoms. The molecule has 0 spiro atoms. The number of rotatable bonds is 4. The molecule has 122 valence electrons. The Morgan fingerprint density at radius 1 is 1.17 bits per heavy atom. The monoisotopic (exact) mass is 335 g/mol. The van der Waals surface area contributed by atoms with Gasteiger partial charge < -0.3 is 32.4 Å². The molecule has 0 saturated heterocycles. The van der Waals surface area contributed by atoms with E-state index in [0.717, 1.165) is 16.3 Å². The van der Waals surface area contributed by atoms with Gasteiger partial charge in [-0.2, -0.15) is 0 Å². The van der Waals surface area contributed by atoms with Gasteiger partial charge in [0.25, 0.3) is 0 Å². The lowest BCUT2D eigenvalue weighted by Crippen LogP contribution is -3.00. The van der Waals surface area contributed by atoms with E-state index >= 15 is 0 Å². The normalized spacial score (nSPS) is 10.9. The summed E-state index contributed by atoms with van der Waals surface area (Å²) in [5, 5.41) is 23.3. The van der Waals surface area contributed by atoms with Crippen LogP contribution in [0.5, 0.6) is 5.75 Å². The number of aliphatic hydroxyl groups is 1. The molecular weight excluding hydrogens is 318 g/mol. The Hall–Kier alpha value is -2.08. The van der Waals surface area contributed by atoms with Gasteiger partial charge in [0.2, 0.25) is 0 Å². The van der Waals surface area contributed by atoms with Crippen LogP contribution in [0.15, 0.2) is 39.5 Å². The molecule has 1 aromatic heterocycles. The molecule has 0 atom stereocenters. The van der Waals surface area contributed by atoms with Gasteiger partial charge in [-0.15, -0.1) is 0 Å². The topological polar surface area (TPSA) is 87.3 Å². The van der Waals surface area contributed by atoms with Crippen LogP contribution in [0.25, 0.3) is 21.7 Å². The van der Waals surface area contributed by atoms with Crippen LogP contribution >= 0.6 is 0 Å². The van der Waals surface area contributed by atoms with Crippen molar-refractivity contribution in [2.75, 3.05) is 13.2 Å². The number of benzene rings is 2. The first-order valence-corrected chi connectivity index (χ1v) is 7.23. The summed E-state index contributed by atoms with van der Waals surface area (Å²) in [6, 6.07) is 9.15. The second-order valence-electron chi connectivity index (χ2n) is 5.33. The minimum Gasteiger partial charge on any atom is -1.00 e. The smallest absolute Gasteiger partial charge is 0.344 e. The van der Waals surface area contributed by atoms with Crippen LogP contribution in [-0.4, -0.2) is 23.4 Å². The zero-order valence-electron chi connectivity index (χ0n) is 12.7. The highest BCUT2D eigenvalue weighted by molar-refractivity contribution is 6.05. The summed E-state index contributed by atoms with van der Waals surface area (Å²) in [7, 11) is 0. The first-order chi connectivity index (χ1) is 10.6. The molecule has 3 rings (SSSR count). The SMILES string of the molecule is Cc1c(O)c(C[NH2+]CCO)cc2c1oc(=O)c1ccccc12.[Cl-]. The van der Waals surface area contributed by atoms with Gasteiger partial charge >= 0.3 is 5.63 Å². The number of nitrogens with two attached hydrogens (primary N) is 1. The van der Waals surface area contributed by atoms with Crippen molar-refractivity contribution in [2.45, 2.75) is 13.5 Å². The number of halogens is 1. The van der Waals surface area contributed by atoms with Crippen LogP contribution < -0.4 is 23.3 Å². The standard InChI is InChI=1S/C17H17NO4.ClH/c1-10-15(20)11(9-18-6-7-19)8-14-12-4-2-3-5-13(12)17(21)22-16(10)14;/h2-5,8,18-20H,6-7,9H2,1H3;1H.